The fourth-order valence-electron chi connectivity index (χ4n) is 7.55. The second-order valence-electron chi connectivity index (χ2n) is 14.3. The number of thiophene rings is 3. The number of nitrogens with zero attached hydrogens (tertiary/aromatic N) is 3. The summed E-state index contributed by atoms with van der Waals surface area (Å²) in [6, 6.07) is 25.3. The van der Waals surface area contributed by atoms with Crippen LogP contribution >= 0.6 is 34.0 Å². The number of carbonyl (C=O) groups is 3. The Bertz CT molecular complexity index is 2800. The van der Waals surface area contributed by atoms with Crippen molar-refractivity contribution in [1.29, 1.82) is 0 Å². The zero-order valence-electron chi connectivity index (χ0n) is 32.6. The number of ether oxygens (including phenoxy) is 6. The highest BCUT2D eigenvalue weighted by Crippen LogP contribution is 2.64. The molecular formula is C45H33N3O10S3. The van der Waals surface area contributed by atoms with Gasteiger partial charge < -0.3 is 38.4 Å². The number of amides is 2. The van der Waals surface area contributed by atoms with E-state index < -0.39 is 30.0 Å². The van der Waals surface area contributed by atoms with Gasteiger partial charge in [-0.2, -0.15) is 0 Å². The molecule has 4 aliphatic heterocycles. The molecule has 0 unspecified atom stereocenters. The van der Waals surface area contributed by atoms with Gasteiger partial charge in [-0.25, -0.2) is 4.85 Å². The SMILES string of the molecule is [C-]#[N+]C1=C(c2sc(-c3sc(-c4sc(-c5ccc(N(c6ccc(C)cc6)c6ccc(C)cc6)cc5)c5c4OCCO5)c4c3OCCO4)c3c2OCCO3)C(=O)N(CC(=O)O)C1=O. The molecule has 1 N–H and O–H groups in total. The summed E-state index contributed by atoms with van der Waals surface area (Å²) in [4.78, 5) is 48.2. The number of carbonyl (C=O) groups excluding carboxylic acids is 2. The van der Waals surface area contributed by atoms with Crippen molar-refractivity contribution in [2.75, 3.05) is 51.1 Å². The third-order valence-corrected chi connectivity index (χ3v) is 14.2. The largest absolute Gasteiger partial charge is 0.485 e. The molecule has 3 aromatic carbocycles. The normalized spacial score (nSPS) is 15.3. The molecule has 7 heterocycles. The lowest BCUT2D eigenvalue weighted by atomic mass is 10.1. The molecule has 16 heteroatoms. The van der Waals surface area contributed by atoms with Gasteiger partial charge in [-0.05, 0) is 55.8 Å². The molecule has 306 valence electrons. The van der Waals surface area contributed by atoms with Crippen molar-refractivity contribution in [1.82, 2.24) is 4.90 Å². The molecule has 10 rings (SSSR count). The quantitative estimate of drug-likeness (QED) is 0.110. The van der Waals surface area contributed by atoms with Crippen LogP contribution in [0.3, 0.4) is 0 Å². The van der Waals surface area contributed by atoms with E-state index in [9.17, 15) is 19.5 Å². The average Bonchev–Trinajstić information content (AvgIpc) is 4.02. The Labute approximate surface area is 360 Å². The van der Waals surface area contributed by atoms with Gasteiger partial charge in [0.15, 0.2) is 34.5 Å². The van der Waals surface area contributed by atoms with Crippen LogP contribution in [0.25, 0.3) is 40.4 Å². The summed E-state index contributed by atoms with van der Waals surface area (Å²) >= 11 is 4.01. The van der Waals surface area contributed by atoms with Crippen LogP contribution in [0.2, 0.25) is 0 Å². The van der Waals surface area contributed by atoms with Gasteiger partial charge in [0.05, 0.1) is 41.4 Å². The Morgan fingerprint density at radius 3 is 1.36 bits per heavy atom. The number of carboxylic acid groups (broad SMARTS) is 1. The van der Waals surface area contributed by atoms with E-state index in [1.807, 2.05) is 0 Å². The molecule has 0 radical (unpaired) electrons. The highest BCUT2D eigenvalue weighted by molar-refractivity contribution is 7.28. The van der Waals surface area contributed by atoms with Gasteiger partial charge in [0.2, 0.25) is 0 Å². The standard InChI is InChI=1S/C45H33N3O10S3/c1-23-4-10-26(11-5-23)48(27-12-6-24(2)7-13-27)28-14-8-25(9-15-28)38-32-34(55-18-16-53-32)40(59-38)42-36-37(58-21-20-57-36)43(61-42)41-35-33(54-17-19-56-35)39(60-41)30-31(46-3)45(52)47(44(30)51)22-29(49)50/h4-15H,16-22H2,1-2H3,(H,49,50). The topological polar surface area (TPSA) is 138 Å². The lowest BCUT2D eigenvalue weighted by Crippen LogP contribution is -2.36. The number of aryl methyl sites for hydroxylation is 2. The Hall–Kier alpha value is -6.80. The minimum atomic E-state index is -1.39. The van der Waals surface area contributed by atoms with Gasteiger partial charge in [0.25, 0.3) is 17.5 Å². The molecule has 6 aromatic rings. The maximum Gasteiger partial charge on any atom is 0.323 e. The predicted molar refractivity (Wildman–Crippen MR) is 231 cm³/mol. The molecule has 0 atom stereocenters. The number of aliphatic carboxylic acids is 1. The molecule has 0 saturated carbocycles. The van der Waals surface area contributed by atoms with Crippen molar-refractivity contribution in [2.45, 2.75) is 13.8 Å². The van der Waals surface area contributed by atoms with Crippen LogP contribution in [0.1, 0.15) is 16.0 Å². The maximum atomic E-state index is 13.6. The van der Waals surface area contributed by atoms with Gasteiger partial charge in [-0.3, -0.25) is 19.3 Å². The molecule has 0 aliphatic carbocycles. The highest BCUT2D eigenvalue weighted by atomic mass is 32.1. The number of benzene rings is 3. The molecule has 0 bridgehead atoms. The number of hydrogen-bond acceptors (Lipinski definition) is 13. The summed E-state index contributed by atoms with van der Waals surface area (Å²) in [7, 11) is 0. The molecule has 2 amide bonds. The van der Waals surface area contributed by atoms with Gasteiger partial charge in [-0.15, -0.1) is 34.0 Å². The summed E-state index contributed by atoms with van der Waals surface area (Å²) in [6.45, 7) is 12.7. The van der Waals surface area contributed by atoms with E-state index in [2.05, 4.69) is 96.4 Å². The van der Waals surface area contributed by atoms with E-state index in [0.717, 1.165) is 48.6 Å². The Kier molecular flexibility index (Phi) is 9.66. The monoisotopic (exact) mass is 871 g/mol. The van der Waals surface area contributed by atoms with Crippen LogP contribution in [0.5, 0.6) is 34.5 Å². The lowest BCUT2D eigenvalue weighted by Gasteiger charge is -2.26. The first-order valence-electron chi connectivity index (χ1n) is 19.2. The third-order valence-electron chi connectivity index (χ3n) is 10.4. The summed E-state index contributed by atoms with van der Waals surface area (Å²) in [5.41, 5.74) is 5.66. The number of anilines is 3. The van der Waals surface area contributed by atoms with E-state index in [1.165, 1.54) is 33.8 Å². The van der Waals surface area contributed by atoms with Crippen LogP contribution in [0, 0.1) is 20.4 Å². The summed E-state index contributed by atoms with van der Waals surface area (Å²) < 4.78 is 37.6. The van der Waals surface area contributed by atoms with Crippen molar-refractivity contribution in [3.8, 4) is 64.4 Å². The van der Waals surface area contributed by atoms with Crippen LogP contribution in [0.15, 0.2) is 78.5 Å². The third kappa shape index (κ3) is 6.52. The number of hydrogen-bond donors (Lipinski definition) is 1. The number of rotatable bonds is 9. The van der Waals surface area contributed by atoms with E-state index in [-0.39, 0.29) is 36.0 Å². The molecule has 4 aliphatic rings. The number of imide groups is 1. The van der Waals surface area contributed by atoms with Crippen molar-refractivity contribution in [2.24, 2.45) is 0 Å². The van der Waals surface area contributed by atoms with Crippen molar-refractivity contribution >= 4 is 74.4 Å². The Balaban J connectivity index is 1.07. The minimum Gasteiger partial charge on any atom is -0.485 e. The fraction of sp³-hybridized carbons (Fsp3) is 0.200. The lowest BCUT2D eigenvalue weighted by molar-refractivity contribution is -0.147. The van der Waals surface area contributed by atoms with Gasteiger partial charge in [-0.1, -0.05) is 47.5 Å². The van der Waals surface area contributed by atoms with Gasteiger partial charge in [0, 0.05) is 17.1 Å². The first-order valence-corrected chi connectivity index (χ1v) is 21.7. The molecule has 0 spiro atoms. The summed E-state index contributed by atoms with van der Waals surface area (Å²) in [6.07, 6.45) is 0. The van der Waals surface area contributed by atoms with Crippen LogP contribution in [-0.4, -0.2) is 74.0 Å². The zero-order valence-corrected chi connectivity index (χ0v) is 35.0. The molecule has 3 aromatic heterocycles. The van der Waals surface area contributed by atoms with Crippen molar-refractivity contribution in [3.05, 3.63) is 106 Å². The second-order valence-corrected chi connectivity index (χ2v) is 17.4. The Morgan fingerprint density at radius 2 is 0.951 bits per heavy atom. The van der Waals surface area contributed by atoms with E-state index >= 15 is 0 Å². The maximum absolute atomic E-state index is 13.6. The summed E-state index contributed by atoms with van der Waals surface area (Å²) in [5, 5.41) is 9.42. The molecule has 13 nitrogen and oxygen atoms in total. The minimum absolute atomic E-state index is 0.156. The Morgan fingerprint density at radius 1 is 0.590 bits per heavy atom. The van der Waals surface area contributed by atoms with E-state index in [4.69, 9.17) is 35.0 Å². The average molecular weight is 872 g/mol. The first kappa shape index (κ1) is 38.4. The zero-order chi connectivity index (χ0) is 41.9. The van der Waals surface area contributed by atoms with Crippen LogP contribution < -0.4 is 33.3 Å². The second kappa shape index (κ2) is 15.3. The first-order chi connectivity index (χ1) is 29.7. The smallest absolute Gasteiger partial charge is 0.323 e. The summed E-state index contributed by atoms with van der Waals surface area (Å²) in [5.74, 6) is -0.529. The highest BCUT2D eigenvalue weighted by Gasteiger charge is 2.45. The number of fused-ring (bicyclic) bond motifs is 3. The van der Waals surface area contributed by atoms with Crippen molar-refractivity contribution in [3.63, 3.8) is 0 Å². The number of carboxylic acids is 1. The van der Waals surface area contributed by atoms with E-state index in [1.54, 1.807) is 0 Å². The van der Waals surface area contributed by atoms with Crippen LogP contribution in [0.4, 0.5) is 17.1 Å². The fourth-order valence-corrected chi connectivity index (χ4v) is 11.4. The van der Waals surface area contributed by atoms with Gasteiger partial charge >= 0.3 is 5.97 Å². The van der Waals surface area contributed by atoms with Crippen molar-refractivity contribution < 1.29 is 47.9 Å². The molecule has 0 saturated heterocycles. The van der Waals surface area contributed by atoms with Gasteiger partial charge in [0.1, 0.15) is 46.2 Å². The molecule has 61 heavy (non-hydrogen) atoms. The van der Waals surface area contributed by atoms with Crippen LogP contribution in [-0.2, 0) is 14.4 Å². The van der Waals surface area contributed by atoms with E-state index in [0.29, 0.717) is 63.2 Å². The predicted octanol–water partition coefficient (Wildman–Crippen LogP) is 9.36. The molecular weight excluding hydrogens is 839 g/mol. The molecule has 0 fully saturated rings.